The Morgan fingerprint density at radius 1 is 1.29 bits per heavy atom. The molecule has 2 aliphatic heterocycles. The van der Waals surface area contributed by atoms with Gasteiger partial charge in [-0.05, 0) is 30.5 Å². The van der Waals surface area contributed by atoms with E-state index < -0.39 is 0 Å². The van der Waals surface area contributed by atoms with Crippen molar-refractivity contribution >= 4 is 11.5 Å². The molecule has 1 saturated carbocycles. The number of allylic oxidation sites excluding steroid dienone is 1. The summed E-state index contributed by atoms with van der Waals surface area (Å²) in [6.45, 7) is 0. The van der Waals surface area contributed by atoms with Crippen molar-refractivity contribution in [1.82, 2.24) is 0 Å². The fraction of sp³-hybridized carbons (Fsp3) is 0.400. The fourth-order valence-corrected chi connectivity index (χ4v) is 4.07. The van der Waals surface area contributed by atoms with Crippen molar-refractivity contribution in [3.63, 3.8) is 0 Å². The maximum Gasteiger partial charge on any atom is 0.159 e. The normalized spacial score (nSPS) is 33.5. The maximum atomic E-state index is 11.8. The molecule has 2 unspecified atom stereocenters. The Kier molecular flexibility index (Phi) is 1.67. The fourth-order valence-electron chi connectivity index (χ4n) is 4.07. The van der Waals surface area contributed by atoms with Crippen molar-refractivity contribution in [2.24, 2.45) is 0 Å². The first-order valence-corrected chi connectivity index (χ1v) is 6.41. The molecule has 86 valence electrons. The second-order valence-electron chi connectivity index (χ2n) is 5.44. The summed E-state index contributed by atoms with van der Waals surface area (Å²) in [5.74, 6) is 0.855. The lowest BCUT2D eigenvalue weighted by atomic mass is 9.80. The van der Waals surface area contributed by atoms with E-state index >= 15 is 0 Å². The van der Waals surface area contributed by atoms with Gasteiger partial charge in [0, 0.05) is 24.2 Å². The Morgan fingerprint density at radius 2 is 2.18 bits per heavy atom. The number of para-hydroxylation sites is 1. The number of hydrogen-bond donors (Lipinski definition) is 0. The van der Waals surface area contributed by atoms with E-state index in [0.717, 1.165) is 6.42 Å². The van der Waals surface area contributed by atoms with Crippen LogP contribution in [0.2, 0.25) is 0 Å². The van der Waals surface area contributed by atoms with Gasteiger partial charge in [0.15, 0.2) is 5.78 Å². The third kappa shape index (κ3) is 1.03. The predicted octanol–water partition coefficient (Wildman–Crippen LogP) is 3.00. The molecule has 2 heteroatoms. The second kappa shape index (κ2) is 3.00. The van der Waals surface area contributed by atoms with Gasteiger partial charge >= 0.3 is 0 Å². The van der Waals surface area contributed by atoms with E-state index in [1.54, 1.807) is 6.08 Å². The largest absolute Gasteiger partial charge is 0.340 e. The molecule has 17 heavy (non-hydrogen) atoms. The van der Waals surface area contributed by atoms with Crippen LogP contribution in [-0.4, -0.2) is 11.3 Å². The van der Waals surface area contributed by atoms with E-state index in [1.807, 2.05) is 6.20 Å². The first kappa shape index (κ1) is 9.46. The van der Waals surface area contributed by atoms with Gasteiger partial charge in [-0.2, -0.15) is 0 Å². The molecule has 1 spiro atoms. The van der Waals surface area contributed by atoms with Gasteiger partial charge < -0.3 is 4.90 Å². The molecule has 0 N–H and O–H groups in total. The Labute approximate surface area is 101 Å². The lowest BCUT2D eigenvalue weighted by Crippen LogP contribution is -2.47. The van der Waals surface area contributed by atoms with Crippen LogP contribution in [0.3, 0.4) is 0 Å². The average Bonchev–Trinajstić information content (AvgIpc) is 2.82. The highest BCUT2D eigenvalue weighted by Crippen LogP contribution is 2.58. The molecule has 1 aromatic rings. The Morgan fingerprint density at radius 3 is 3.12 bits per heavy atom. The third-order valence-corrected chi connectivity index (χ3v) is 4.69. The molecule has 0 saturated heterocycles. The molecule has 4 rings (SSSR count). The minimum atomic E-state index is 0.0789. The van der Waals surface area contributed by atoms with Gasteiger partial charge in [-0.3, -0.25) is 4.79 Å². The number of hydrogen-bond acceptors (Lipinski definition) is 2. The SMILES string of the molecule is O=C1C=CN2c3ccccc3C3CCCC32C1. The summed E-state index contributed by atoms with van der Waals surface area (Å²) in [5, 5.41) is 0. The molecule has 1 fully saturated rings. The van der Waals surface area contributed by atoms with Crippen LogP contribution in [-0.2, 0) is 4.79 Å². The minimum absolute atomic E-state index is 0.0789. The zero-order valence-corrected chi connectivity index (χ0v) is 9.73. The number of fused-ring (bicyclic) bond motifs is 3. The molecule has 0 radical (unpaired) electrons. The average molecular weight is 225 g/mol. The monoisotopic (exact) mass is 225 g/mol. The first-order valence-electron chi connectivity index (χ1n) is 6.41. The van der Waals surface area contributed by atoms with E-state index in [2.05, 4.69) is 29.2 Å². The molecule has 0 aromatic heterocycles. The standard InChI is InChI=1S/C15H15NO/c17-11-7-9-16-14-6-2-1-4-12(14)13-5-3-8-15(13,16)10-11/h1-2,4,6-7,9,13H,3,5,8,10H2. The summed E-state index contributed by atoms with van der Waals surface area (Å²) in [7, 11) is 0. The van der Waals surface area contributed by atoms with Gasteiger partial charge in [0.2, 0.25) is 0 Å². The zero-order valence-electron chi connectivity index (χ0n) is 9.73. The van der Waals surface area contributed by atoms with Crippen molar-refractivity contribution in [3.05, 3.63) is 42.1 Å². The van der Waals surface area contributed by atoms with Crippen LogP contribution < -0.4 is 4.90 Å². The second-order valence-corrected chi connectivity index (χ2v) is 5.44. The number of anilines is 1. The van der Waals surface area contributed by atoms with E-state index in [4.69, 9.17) is 0 Å². The summed E-state index contributed by atoms with van der Waals surface area (Å²) in [6, 6.07) is 8.64. The number of ketones is 1. The van der Waals surface area contributed by atoms with Crippen LogP contribution in [0.4, 0.5) is 5.69 Å². The van der Waals surface area contributed by atoms with Crippen molar-refractivity contribution in [3.8, 4) is 0 Å². The number of carbonyl (C=O) groups is 1. The van der Waals surface area contributed by atoms with Gasteiger partial charge in [-0.15, -0.1) is 0 Å². The molecule has 1 aromatic carbocycles. The lowest BCUT2D eigenvalue weighted by Gasteiger charge is -2.40. The summed E-state index contributed by atoms with van der Waals surface area (Å²) >= 11 is 0. The molecular formula is C15H15NO. The highest BCUT2D eigenvalue weighted by Gasteiger charge is 2.54. The first-order chi connectivity index (χ1) is 8.31. The van der Waals surface area contributed by atoms with Crippen molar-refractivity contribution in [2.75, 3.05) is 4.90 Å². The summed E-state index contributed by atoms with van der Waals surface area (Å²) in [5.41, 5.74) is 2.85. The van der Waals surface area contributed by atoms with E-state index in [9.17, 15) is 4.79 Å². The van der Waals surface area contributed by atoms with E-state index in [0.29, 0.717) is 18.1 Å². The molecule has 0 amide bonds. The molecule has 0 bridgehead atoms. The lowest BCUT2D eigenvalue weighted by molar-refractivity contribution is -0.116. The van der Waals surface area contributed by atoms with Crippen molar-refractivity contribution < 1.29 is 4.79 Å². The molecule has 1 aliphatic carbocycles. The summed E-state index contributed by atoms with van der Waals surface area (Å²) < 4.78 is 0. The highest BCUT2D eigenvalue weighted by molar-refractivity contribution is 5.94. The minimum Gasteiger partial charge on any atom is -0.340 e. The van der Waals surface area contributed by atoms with Gasteiger partial charge in [0.25, 0.3) is 0 Å². The molecule has 2 atom stereocenters. The predicted molar refractivity (Wildman–Crippen MR) is 67.0 cm³/mol. The smallest absolute Gasteiger partial charge is 0.159 e. The number of benzene rings is 1. The summed E-state index contributed by atoms with van der Waals surface area (Å²) in [4.78, 5) is 14.2. The van der Waals surface area contributed by atoms with Crippen LogP contribution in [0.25, 0.3) is 0 Å². The van der Waals surface area contributed by atoms with E-state index in [1.165, 1.54) is 24.1 Å². The number of rotatable bonds is 0. The van der Waals surface area contributed by atoms with Crippen LogP contribution in [0.1, 0.15) is 37.2 Å². The Bertz CT molecular complexity index is 533. The molecule has 2 heterocycles. The highest BCUT2D eigenvalue weighted by atomic mass is 16.1. The number of carbonyl (C=O) groups excluding carboxylic acids is 1. The topological polar surface area (TPSA) is 20.3 Å². The van der Waals surface area contributed by atoms with Crippen LogP contribution in [0, 0.1) is 0 Å². The van der Waals surface area contributed by atoms with Gasteiger partial charge in [0.05, 0.1) is 5.54 Å². The Hall–Kier alpha value is -1.57. The van der Waals surface area contributed by atoms with Crippen LogP contribution >= 0.6 is 0 Å². The van der Waals surface area contributed by atoms with Gasteiger partial charge in [-0.25, -0.2) is 0 Å². The zero-order chi connectivity index (χ0) is 11.5. The number of nitrogens with zero attached hydrogens (tertiary/aromatic N) is 1. The summed E-state index contributed by atoms with van der Waals surface area (Å²) in [6.07, 6.45) is 8.08. The maximum absolute atomic E-state index is 11.8. The van der Waals surface area contributed by atoms with Crippen LogP contribution in [0.15, 0.2) is 36.5 Å². The van der Waals surface area contributed by atoms with Gasteiger partial charge in [0.1, 0.15) is 0 Å². The molecule has 2 nitrogen and oxygen atoms in total. The third-order valence-electron chi connectivity index (χ3n) is 4.69. The van der Waals surface area contributed by atoms with E-state index in [-0.39, 0.29) is 5.54 Å². The quantitative estimate of drug-likeness (QED) is 0.676. The van der Waals surface area contributed by atoms with Crippen molar-refractivity contribution in [1.29, 1.82) is 0 Å². The Balaban J connectivity index is 1.96. The molecular weight excluding hydrogens is 210 g/mol. The van der Waals surface area contributed by atoms with Crippen molar-refractivity contribution in [2.45, 2.75) is 37.1 Å². The van der Waals surface area contributed by atoms with Gasteiger partial charge in [-0.1, -0.05) is 24.6 Å². The molecule has 3 aliphatic rings. The van der Waals surface area contributed by atoms with Crippen LogP contribution in [0.5, 0.6) is 0 Å².